The van der Waals surface area contributed by atoms with Gasteiger partial charge in [-0.15, -0.1) is 0 Å². The van der Waals surface area contributed by atoms with Gasteiger partial charge in [-0.2, -0.15) is 8.78 Å². The van der Waals surface area contributed by atoms with Crippen molar-refractivity contribution in [2.75, 3.05) is 17.0 Å². The zero-order valence-corrected chi connectivity index (χ0v) is 61.6. The number of rotatable bonds is 14. The van der Waals surface area contributed by atoms with Crippen LogP contribution in [0.3, 0.4) is 0 Å². The first-order valence-corrected chi connectivity index (χ1v) is 35.9. The van der Waals surface area contributed by atoms with E-state index in [1.165, 1.54) is 109 Å². The smallest absolute Gasteiger partial charge is 0.387 e. The number of ether oxygens (including phenoxy) is 9. The molecule has 5 aromatic carbocycles. The Bertz CT molecular complexity index is 5280. The summed E-state index contributed by atoms with van der Waals surface area (Å²) in [5.41, 5.74) is -4.60. The summed E-state index contributed by atoms with van der Waals surface area (Å²) in [6.07, 6.45) is -0.721. The van der Waals surface area contributed by atoms with Crippen molar-refractivity contribution in [3.8, 4) is 28.4 Å². The highest BCUT2D eigenvalue weighted by atomic mass is 19.3. The molecular formula is C79H84F2N4O24. The second-order valence-electron chi connectivity index (χ2n) is 29.9. The number of hydrogen-bond donors (Lipinski definition) is 7. The van der Waals surface area contributed by atoms with Crippen LogP contribution in [0.25, 0.3) is 60.8 Å². The summed E-state index contributed by atoms with van der Waals surface area (Å²) in [5.74, 6) is -13.9. The third-order valence-electron chi connectivity index (χ3n) is 21.9. The molecule has 8 heterocycles. The molecule has 1 amide bonds. The number of anilines is 2. The van der Waals surface area contributed by atoms with Gasteiger partial charge < -0.3 is 92.5 Å². The van der Waals surface area contributed by atoms with Gasteiger partial charge in [-0.3, -0.25) is 33.6 Å². The molecule has 5 bridgehead atoms. The first kappa shape index (κ1) is 76.8. The van der Waals surface area contributed by atoms with Crippen LogP contribution in [0.1, 0.15) is 141 Å². The number of alkyl halides is 2. The first-order chi connectivity index (χ1) is 51.5. The van der Waals surface area contributed by atoms with E-state index in [9.17, 15) is 73.0 Å². The standard InChI is InChI=1S/C79H84F2N4O24/c1-32-14-13-15-46(38(7)104-76(99)78(10,11)28-54(88)89)64(91)34(3)63(90)35(4)68(105-40(9)86)33(2)51(106-55-27-53-70(39(8)103-55)101-31-100-53)22-23-102-79(12)73(95)58-56-57(65(92)36(5)69(58)109-79)67(94)61(83-74(32)96)72-60(56)82-59-50(87)25-44(26-52(59)107-72)84-29-42-24-41(16-19-45(42)37(84)6)47-20-21-48-62(71(47)108-77(80)81)85(43-17-18-43)30-49(66(48)93)75(97)98/h13-16,19-26,30,33-35,37-39,43,46,51,53,55,63-64,68,70,77,90-92,95H,17-18,27-29,31H2,1-12H3,(H,83,96)(H,88,89)(H,97,98)/b15-13+,23-22+,32-14-/t33-,34+,35-,37-,38?,39-,46-,51+,53+,55+,63-,64-,68-,70-,79+/m1/s1. The molecule has 28 nitrogen and oxygen atoms in total. The van der Waals surface area contributed by atoms with E-state index < -0.39 is 189 Å². The fraction of sp³-hybridized carbons (Fsp3) is 0.456. The molecule has 1 aliphatic carbocycles. The third kappa shape index (κ3) is 14.1. The van der Waals surface area contributed by atoms with E-state index >= 15 is 4.79 Å². The maximum absolute atomic E-state index is 15.6. The van der Waals surface area contributed by atoms with Crippen LogP contribution in [-0.4, -0.2) is 144 Å². The van der Waals surface area contributed by atoms with Crippen LogP contribution in [-0.2, 0) is 58.9 Å². The Labute approximate surface area is 620 Å². The van der Waals surface area contributed by atoms with E-state index in [1.807, 2.05) is 11.8 Å². The number of pyridine rings is 1. The van der Waals surface area contributed by atoms with Gasteiger partial charge in [-0.1, -0.05) is 51.1 Å². The molecule has 578 valence electrons. The summed E-state index contributed by atoms with van der Waals surface area (Å²) in [7, 11) is 0. The number of aromatic nitrogens is 2. The Kier molecular flexibility index (Phi) is 20.6. The van der Waals surface area contributed by atoms with Gasteiger partial charge in [0.15, 0.2) is 34.5 Å². The maximum Gasteiger partial charge on any atom is 0.387 e. The molecule has 6 aliphatic heterocycles. The van der Waals surface area contributed by atoms with E-state index in [1.54, 1.807) is 39.0 Å². The number of carboxylic acids is 2. The average Bonchev–Trinajstić information content (AvgIpc) is 1.67. The Morgan fingerprint density at radius 2 is 1.62 bits per heavy atom. The number of aromatic carboxylic acids is 1. The number of nitrogens with one attached hydrogen (secondary N) is 1. The fourth-order valence-electron chi connectivity index (χ4n) is 15.7. The van der Waals surface area contributed by atoms with Gasteiger partial charge in [0.1, 0.15) is 53.4 Å². The highest BCUT2D eigenvalue weighted by molar-refractivity contribution is 6.17. The number of carbonyl (C=O) groups excluding carboxylic acids is 3. The number of allylic oxidation sites excluding steroid dienone is 2. The number of halogens is 2. The predicted molar refractivity (Wildman–Crippen MR) is 389 cm³/mol. The van der Waals surface area contributed by atoms with Crippen molar-refractivity contribution < 1.29 is 110 Å². The molecule has 1 unspecified atom stereocenters. The molecule has 7 aliphatic rings. The quantitative estimate of drug-likeness (QED) is 0.0302. The third-order valence-corrected chi connectivity index (χ3v) is 21.9. The molecule has 109 heavy (non-hydrogen) atoms. The Morgan fingerprint density at radius 3 is 2.31 bits per heavy atom. The number of carbonyl (C=O) groups is 5. The number of phenols is 1. The summed E-state index contributed by atoms with van der Waals surface area (Å²) in [4.78, 5) is 117. The second kappa shape index (κ2) is 29.2. The molecule has 7 aromatic rings. The minimum absolute atomic E-state index is 0.00833. The number of aliphatic hydroxyl groups is 3. The van der Waals surface area contributed by atoms with E-state index in [4.69, 9.17) is 52.0 Å². The van der Waals surface area contributed by atoms with Crippen molar-refractivity contribution in [3.05, 3.63) is 143 Å². The van der Waals surface area contributed by atoms with Crippen LogP contribution in [0.4, 0.5) is 20.2 Å². The number of aliphatic carboxylic acids is 1. The van der Waals surface area contributed by atoms with Crippen LogP contribution in [0.15, 0.2) is 104 Å². The van der Waals surface area contributed by atoms with Gasteiger partial charge in [-0.25, -0.2) is 9.78 Å². The Morgan fingerprint density at radius 1 is 0.890 bits per heavy atom. The van der Waals surface area contributed by atoms with E-state index in [-0.39, 0.29) is 97.8 Å². The summed E-state index contributed by atoms with van der Waals surface area (Å²) < 4.78 is 92.0. The molecule has 0 spiro atoms. The molecule has 0 radical (unpaired) electrons. The first-order valence-electron chi connectivity index (χ1n) is 35.9. The topological polar surface area (TPSA) is 387 Å². The highest BCUT2D eigenvalue weighted by Gasteiger charge is 2.48. The minimum Gasteiger partial charge on any atom is -0.507 e. The molecule has 1 saturated carbocycles. The van der Waals surface area contributed by atoms with Crippen LogP contribution >= 0.6 is 0 Å². The Hall–Kier alpha value is -10.4. The normalized spacial score (nSPS) is 28.1. The van der Waals surface area contributed by atoms with Gasteiger partial charge >= 0.3 is 36.3 Å². The number of aromatic hydroxyl groups is 1. The van der Waals surface area contributed by atoms with Gasteiger partial charge in [0.05, 0.1) is 76.2 Å². The molecule has 30 heteroatoms. The van der Waals surface area contributed by atoms with Crippen LogP contribution in [0.5, 0.6) is 17.2 Å². The number of hydrogen-bond acceptors (Lipinski definition) is 24. The number of benzene rings is 5. The summed E-state index contributed by atoms with van der Waals surface area (Å²) in [6.45, 7) is 14.7. The summed E-state index contributed by atoms with van der Waals surface area (Å²) >= 11 is 0. The monoisotopic (exact) mass is 1510 g/mol. The fourth-order valence-corrected chi connectivity index (χ4v) is 15.7. The van der Waals surface area contributed by atoms with Crippen molar-refractivity contribution in [3.63, 3.8) is 0 Å². The summed E-state index contributed by atoms with van der Waals surface area (Å²) in [6, 6.07) is 10.1. The van der Waals surface area contributed by atoms with Crippen LogP contribution in [0, 0.1) is 36.0 Å². The van der Waals surface area contributed by atoms with Crippen LogP contribution < -0.4 is 41.2 Å². The van der Waals surface area contributed by atoms with Crippen molar-refractivity contribution in [2.45, 2.75) is 195 Å². The summed E-state index contributed by atoms with van der Waals surface area (Å²) in [5, 5.41) is 71.2. The number of esters is 2. The average molecular weight is 1510 g/mol. The zero-order chi connectivity index (χ0) is 78.6. The molecular weight excluding hydrogens is 1430 g/mol. The van der Waals surface area contributed by atoms with Gasteiger partial charge in [0.2, 0.25) is 16.3 Å². The molecule has 14 rings (SSSR count). The van der Waals surface area contributed by atoms with Crippen molar-refractivity contribution in [1.82, 2.24) is 9.55 Å². The lowest BCUT2D eigenvalue weighted by molar-refractivity contribution is -0.246. The molecule has 2 aromatic heterocycles. The Balaban J connectivity index is 0.950. The molecule has 3 fully saturated rings. The number of phenolic OH excluding ortho intramolecular Hbond substituents is 1. The largest absolute Gasteiger partial charge is 0.507 e. The predicted octanol–water partition coefficient (Wildman–Crippen LogP) is 9.92. The lowest BCUT2D eigenvalue weighted by Gasteiger charge is -2.41. The van der Waals surface area contributed by atoms with Crippen molar-refractivity contribution in [1.29, 1.82) is 0 Å². The number of amides is 1. The lowest BCUT2D eigenvalue weighted by Crippen LogP contribution is -2.50. The number of carboxylic acid groups (broad SMARTS) is 2. The van der Waals surface area contributed by atoms with E-state index in [2.05, 4.69) is 5.32 Å². The maximum atomic E-state index is 15.6. The zero-order valence-electron chi connectivity index (χ0n) is 61.6. The van der Waals surface area contributed by atoms with Gasteiger partial charge in [0.25, 0.3) is 5.91 Å². The van der Waals surface area contributed by atoms with Gasteiger partial charge in [-0.05, 0) is 102 Å². The molecule has 15 atom stereocenters. The number of fused-ring (bicyclic) bond motifs is 17. The highest BCUT2D eigenvalue weighted by Crippen LogP contribution is 2.48. The van der Waals surface area contributed by atoms with E-state index in [0.717, 1.165) is 18.0 Å². The SMILES string of the molecule is CC(=O)O[C@H]1[C@H](C)[C@H](O)[C@H](C)[C@@H](O)[C@@H](C(C)OC(=O)C(C)(C)CC(=O)O)/C=C/C=C(/C)C(=O)Nc2c(=O)c3c(O)c(C)c4c(c3c3nc5c(=O)cc(N6Cc7cc(-c8ccc9c(=O)c(C(=O)O)cn(C%10CC%10)c9c8OC(F)F)ccc7[C@H]6C)cc5oc23)=C(O)[C@@](C)(O/C=C/[C@H](O[C@H]2C[C@@H]3OCO[C@@H]3[C@@H](C)O2)[C@H]1C)O4. The number of nitrogens with zero attached hydrogens (tertiary/aromatic N) is 3. The van der Waals surface area contributed by atoms with Crippen molar-refractivity contribution >= 4 is 90.8 Å². The second-order valence-corrected chi connectivity index (χ2v) is 29.9. The molecule has 2 saturated heterocycles. The number of aliphatic hydroxyl groups excluding tert-OH is 3. The van der Waals surface area contributed by atoms with E-state index in [0.29, 0.717) is 24.0 Å². The van der Waals surface area contributed by atoms with Gasteiger partial charge in [0, 0.05) is 103 Å². The lowest BCUT2D eigenvalue weighted by atomic mass is 9.77. The van der Waals surface area contributed by atoms with Crippen molar-refractivity contribution in [2.24, 2.45) is 29.1 Å². The van der Waals surface area contributed by atoms with Crippen LogP contribution in [0.2, 0.25) is 0 Å². The minimum atomic E-state index is -3.34. The molecule has 7 N–H and O–H groups in total.